The Balaban J connectivity index is 2.24. The molecule has 0 aliphatic heterocycles. The lowest BCUT2D eigenvalue weighted by Gasteiger charge is -2.05. The lowest BCUT2D eigenvalue weighted by atomic mass is 10.1. The van der Waals surface area contributed by atoms with Gasteiger partial charge in [-0.1, -0.05) is 44.6 Å². The first-order valence-corrected chi connectivity index (χ1v) is 7.45. The van der Waals surface area contributed by atoms with E-state index in [1.54, 1.807) is 0 Å². The molecule has 1 rings (SSSR count). The molecule has 0 aromatic carbocycles. The lowest BCUT2D eigenvalue weighted by molar-refractivity contribution is -0.138. The standard InChI is InChI=1S/C16H24O4/c1-2-3-4-5-6-7-12-20-16(19)14(13-8-9-13)10-11-15(17)18/h10-11H,2-9,12H2,1H3,(H,17,18). The number of esters is 1. The summed E-state index contributed by atoms with van der Waals surface area (Å²) in [6.07, 6.45) is 10.9. The van der Waals surface area contributed by atoms with Crippen LogP contribution in [0.1, 0.15) is 58.3 Å². The van der Waals surface area contributed by atoms with Crippen LogP contribution in [0.3, 0.4) is 0 Å². The maximum atomic E-state index is 11.8. The van der Waals surface area contributed by atoms with Gasteiger partial charge in [0.1, 0.15) is 0 Å². The highest BCUT2D eigenvalue weighted by molar-refractivity contribution is 5.95. The summed E-state index contributed by atoms with van der Waals surface area (Å²) >= 11 is 0. The minimum atomic E-state index is -1.05. The van der Waals surface area contributed by atoms with Gasteiger partial charge in [0.2, 0.25) is 0 Å². The molecular weight excluding hydrogens is 256 g/mol. The first-order valence-electron chi connectivity index (χ1n) is 7.45. The molecule has 0 atom stereocenters. The number of rotatable bonds is 10. The van der Waals surface area contributed by atoms with Crippen molar-refractivity contribution in [1.29, 1.82) is 0 Å². The molecule has 1 aliphatic carbocycles. The van der Waals surface area contributed by atoms with Gasteiger partial charge in [-0.15, -0.1) is 0 Å². The lowest BCUT2D eigenvalue weighted by Crippen LogP contribution is -2.08. The molecule has 4 heteroatoms. The largest absolute Gasteiger partial charge is 0.478 e. The van der Waals surface area contributed by atoms with E-state index in [2.05, 4.69) is 6.92 Å². The van der Waals surface area contributed by atoms with E-state index < -0.39 is 5.97 Å². The van der Waals surface area contributed by atoms with Gasteiger partial charge in [-0.3, -0.25) is 0 Å². The number of unbranched alkanes of at least 4 members (excludes halogenated alkanes) is 5. The fourth-order valence-electron chi connectivity index (χ4n) is 1.94. The molecule has 0 unspecified atom stereocenters. The monoisotopic (exact) mass is 280 g/mol. The van der Waals surface area contributed by atoms with Gasteiger partial charge in [-0.05, 0) is 25.3 Å². The molecule has 0 amide bonds. The zero-order valence-corrected chi connectivity index (χ0v) is 12.2. The highest BCUT2D eigenvalue weighted by atomic mass is 16.5. The van der Waals surface area contributed by atoms with E-state index in [4.69, 9.17) is 9.84 Å². The van der Waals surface area contributed by atoms with E-state index in [0.717, 1.165) is 37.3 Å². The molecule has 1 saturated carbocycles. The summed E-state index contributed by atoms with van der Waals surface area (Å²) in [7, 11) is 0. The second kappa shape index (κ2) is 9.34. The molecule has 0 saturated heterocycles. The Kier molecular flexibility index (Phi) is 7.70. The number of carbonyl (C=O) groups is 2. The second-order valence-electron chi connectivity index (χ2n) is 5.09. The van der Waals surface area contributed by atoms with Crippen molar-refractivity contribution < 1.29 is 19.4 Å². The third-order valence-corrected chi connectivity index (χ3v) is 3.22. The fourth-order valence-corrected chi connectivity index (χ4v) is 1.94. The second-order valence-corrected chi connectivity index (χ2v) is 5.09. The molecule has 0 bridgehead atoms. The number of carboxylic acid groups (broad SMARTS) is 1. The molecule has 0 aromatic rings. The van der Waals surface area contributed by atoms with Gasteiger partial charge in [0.25, 0.3) is 0 Å². The summed E-state index contributed by atoms with van der Waals surface area (Å²) in [5, 5.41) is 8.60. The number of hydrogen-bond acceptors (Lipinski definition) is 3. The Morgan fingerprint density at radius 2 is 1.75 bits per heavy atom. The van der Waals surface area contributed by atoms with Crippen LogP contribution in [0.5, 0.6) is 0 Å². The van der Waals surface area contributed by atoms with Crippen molar-refractivity contribution in [2.45, 2.75) is 58.3 Å². The number of hydrogen-bond donors (Lipinski definition) is 1. The van der Waals surface area contributed by atoms with E-state index in [1.807, 2.05) is 0 Å². The molecule has 4 nitrogen and oxygen atoms in total. The molecule has 1 fully saturated rings. The maximum Gasteiger partial charge on any atom is 0.338 e. The van der Waals surface area contributed by atoms with Crippen molar-refractivity contribution in [3.63, 3.8) is 0 Å². The van der Waals surface area contributed by atoms with Crippen molar-refractivity contribution in [3.8, 4) is 0 Å². The number of aliphatic carboxylic acids is 1. The van der Waals surface area contributed by atoms with Crippen LogP contribution in [0.25, 0.3) is 0 Å². The SMILES string of the molecule is CCCCCCCCOC(=O)C(C=CC(=O)O)=C1CC1. The molecule has 1 aliphatic rings. The fraction of sp³-hybridized carbons (Fsp3) is 0.625. The summed E-state index contributed by atoms with van der Waals surface area (Å²) in [4.78, 5) is 22.3. The average Bonchev–Trinajstić information content (AvgIpc) is 3.22. The van der Waals surface area contributed by atoms with Crippen molar-refractivity contribution in [2.24, 2.45) is 0 Å². The quantitative estimate of drug-likeness (QED) is 0.377. The van der Waals surface area contributed by atoms with Crippen LogP contribution in [-0.4, -0.2) is 23.7 Å². The molecule has 1 N–H and O–H groups in total. The predicted octanol–water partition coefficient (Wildman–Crippen LogP) is 3.62. The van der Waals surface area contributed by atoms with Crippen LogP contribution in [0.15, 0.2) is 23.3 Å². The van der Waals surface area contributed by atoms with Gasteiger partial charge in [0, 0.05) is 6.08 Å². The summed E-state index contributed by atoms with van der Waals surface area (Å²) < 4.78 is 5.20. The number of carboxylic acids is 1. The first kappa shape index (κ1) is 16.5. The summed E-state index contributed by atoms with van der Waals surface area (Å²) in [5.41, 5.74) is 1.42. The van der Waals surface area contributed by atoms with Crippen LogP contribution in [0.2, 0.25) is 0 Å². The van der Waals surface area contributed by atoms with E-state index in [9.17, 15) is 9.59 Å². The van der Waals surface area contributed by atoms with Crippen LogP contribution in [0.4, 0.5) is 0 Å². The average molecular weight is 280 g/mol. The molecule has 0 aromatic heterocycles. The maximum absolute atomic E-state index is 11.8. The molecule has 20 heavy (non-hydrogen) atoms. The van der Waals surface area contributed by atoms with E-state index >= 15 is 0 Å². The summed E-state index contributed by atoms with van der Waals surface area (Å²) in [6, 6.07) is 0. The number of ether oxygens (including phenoxy) is 1. The highest BCUT2D eigenvalue weighted by Gasteiger charge is 2.22. The van der Waals surface area contributed by atoms with E-state index in [0.29, 0.717) is 12.2 Å². The molecule has 0 spiro atoms. The van der Waals surface area contributed by atoms with Crippen LogP contribution >= 0.6 is 0 Å². The van der Waals surface area contributed by atoms with Gasteiger partial charge in [0.15, 0.2) is 0 Å². The zero-order valence-electron chi connectivity index (χ0n) is 12.2. The Morgan fingerprint density at radius 1 is 1.10 bits per heavy atom. The molecule has 112 valence electrons. The topological polar surface area (TPSA) is 63.6 Å². The zero-order chi connectivity index (χ0) is 14.8. The van der Waals surface area contributed by atoms with Gasteiger partial charge in [-0.2, -0.15) is 0 Å². The van der Waals surface area contributed by atoms with Crippen LogP contribution < -0.4 is 0 Å². The van der Waals surface area contributed by atoms with E-state index in [-0.39, 0.29) is 5.97 Å². The molecule has 0 heterocycles. The molecule has 0 radical (unpaired) electrons. The van der Waals surface area contributed by atoms with Crippen molar-refractivity contribution in [1.82, 2.24) is 0 Å². The third kappa shape index (κ3) is 7.12. The van der Waals surface area contributed by atoms with Gasteiger partial charge < -0.3 is 9.84 Å². The predicted molar refractivity (Wildman–Crippen MR) is 77.4 cm³/mol. The Morgan fingerprint density at radius 3 is 2.35 bits per heavy atom. The van der Waals surface area contributed by atoms with E-state index in [1.165, 1.54) is 31.8 Å². The smallest absolute Gasteiger partial charge is 0.338 e. The van der Waals surface area contributed by atoms with Crippen LogP contribution in [0, 0.1) is 0 Å². The minimum Gasteiger partial charge on any atom is -0.478 e. The Bertz CT molecular complexity index is 387. The Hall–Kier alpha value is -1.58. The van der Waals surface area contributed by atoms with Crippen molar-refractivity contribution in [3.05, 3.63) is 23.3 Å². The Labute approximate surface area is 120 Å². The van der Waals surface area contributed by atoms with Gasteiger partial charge in [0.05, 0.1) is 12.2 Å². The van der Waals surface area contributed by atoms with Gasteiger partial charge >= 0.3 is 11.9 Å². The molecular formula is C16H24O4. The summed E-state index contributed by atoms with van der Waals surface area (Å²) in [6.45, 7) is 2.60. The number of allylic oxidation sites excluding steroid dienone is 1. The van der Waals surface area contributed by atoms with Gasteiger partial charge in [-0.25, -0.2) is 9.59 Å². The minimum absolute atomic E-state index is 0.386. The van der Waals surface area contributed by atoms with Crippen molar-refractivity contribution >= 4 is 11.9 Å². The highest BCUT2D eigenvalue weighted by Crippen LogP contribution is 2.32. The van der Waals surface area contributed by atoms with Crippen LogP contribution in [-0.2, 0) is 14.3 Å². The van der Waals surface area contributed by atoms with Crippen molar-refractivity contribution in [2.75, 3.05) is 6.61 Å². The number of carbonyl (C=O) groups excluding carboxylic acids is 1. The normalized spacial score (nSPS) is 13.6. The summed E-state index contributed by atoms with van der Waals surface area (Å²) in [5.74, 6) is -1.43. The first-order chi connectivity index (χ1) is 9.65. The third-order valence-electron chi connectivity index (χ3n) is 3.22.